The maximum absolute atomic E-state index is 13.1. The number of nitrogens with zero attached hydrogens (tertiary/aromatic N) is 1. The molecule has 0 amide bonds. The van der Waals surface area contributed by atoms with Gasteiger partial charge in [-0.25, -0.2) is 4.39 Å². The summed E-state index contributed by atoms with van der Waals surface area (Å²) in [5.74, 6) is 0.556. The van der Waals surface area contributed by atoms with Gasteiger partial charge in [-0.15, -0.1) is 0 Å². The van der Waals surface area contributed by atoms with Crippen molar-refractivity contribution in [1.82, 2.24) is 0 Å². The highest BCUT2D eigenvalue weighted by molar-refractivity contribution is 9.10. The number of rotatable bonds is 1. The van der Waals surface area contributed by atoms with Crippen molar-refractivity contribution in [3.05, 3.63) is 27.4 Å². The van der Waals surface area contributed by atoms with E-state index in [2.05, 4.69) is 40.1 Å². The number of hydrogen-bond donors (Lipinski definition) is 1. The van der Waals surface area contributed by atoms with Crippen molar-refractivity contribution in [3.63, 3.8) is 0 Å². The van der Waals surface area contributed by atoms with Crippen LogP contribution >= 0.6 is 39.3 Å². The van der Waals surface area contributed by atoms with E-state index >= 15 is 0 Å². The number of hydrogen-bond acceptors (Lipinski definition) is 3. The van der Waals surface area contributed by atoms with Gasteiger partial charge in [-0.1, -0.05) is 23.4 Å². The van der Waals surface area contributed by atoms with Gasteiger partial charge in [-0.3, -0.25) is 4.99 Å². The summed E-state index contributed by atoms with van der Waals surface area (Å²) in [6.45, 7) is 4.13. The molecule has 0 unspecified atom stereocenters. The molecule has 0 saturated carbocycles. The van der Waals surface area contributed by atoms with Crippen LogP contribution in [0.4, 0.5) is 10.1 Å². The van der Waals surface area contributed by atoms with Crippen LogP contribution in [0.1, 0.15) is 13.8 Å². The molecule has 1 heterocycles. The van der Waals surface area contributed by atoms with Gasteiger partial charge in [0.1, 0.15) is 5.82 Å². The number of anilines is 1. The lowest BCUT2D eigenvalue weighted by atomic mass is 10.1. The minimum atomic E-state index is -0.367. The van der Waals surface area contributed by atoms with Gasteiger partial charge in [0, 0.05) is 10.2 Å². The SMILES string of the molecule is CC1(C)CSC(Nc2c(Cl)cc(F)cc2Br)=N1. The molecule has 0 radical (unpaired) electrons. The van der Waals surface area contributed by atoms with Crippen LogP contribution in [0, 0.1) is 5.82 Å². The van der Waals surface area contributed by atoms with Gasteiger partial charge >= 0.3 is 0 Å². The summed E-state index contributed by atoms with van der Waals surface area (Å²) in [5, 5.41) is 4.28. The molecule has 1 aromatic rings. The van der Waals surface area contributed by atoms with Crippen molar-refractivity contribution in [2.24, 2.45) is 4.99 Å². The zero-order valence-electron chi connectivity index (χ0n) is 9.35. The first-order valence-corrected chi connectivity index (χ1v) is 7.17. The molecule has 0 fully saturated rings. The van der Waals surface area contributed by atoms with Crippen LogP contribution in [0.15, 0.2) is 21.6 Å². The largest absolute Gasteiger partial charge is 0.333 e. The third-order valence-corrected chi connectivity index (χ3v) is 4.45. The number of thioether (sulfide) groups is 1. The molecule has 92 valence electrons. The number of halogens is 3. The average Bonchev–Trinajstić information content (AvgIpc) is 2.52. The molecule has 1 aliphatic rings. The van der Waals surface area contributed by atoms with Crippen molar-refractivity contribution in [1.29, 1.82) is 0 Å². The second kappa shape index (κ2) is 4.78. The predicted molar refractivity (Wildman–Crippen MR) is 76.7 cm³/mol. The Bertz CT molecular complexity index is 467. The Labute approximate surface area is 117 Å². The Hall–Kier alpha value is -0.260. The minimum Gasteiger partial charge on any atom is -0.333 e. The maximum atomic E-state index is 13.1. The van der Waals surface area contributed by atoms with E-state index in [1.54, 1.807) is 11.8 Å². The Kier molecular flexibility index (Phi) is 3.71. The van der Waals surface area contributed by atoms with Crippen LogP contribution in [0.3, 0.4) is 0 Å². The number of amidine groups is 1. The summed E-state index contributed by atoms with van der Waals surface area (Å²) in [6.07, 6.45) is 0. The van der Waals surface area contributed by atoms with Gasteiger partial charge < -0.3 is 5.32 Å². The molecule has 0 aromatic heterocycles. The number of benzene rings is 1. The Morgan fingerprint density at radius 3 is 2.76 bits per heavy atom. The third kappa shape index (κ3) is 3.14. The second-order valence-electron chi connectivity index (χ2n) is 4.39. The van der Waals surface area contributed by atoms with Gasteiger partial charge in [0.2, 0.25) is 0 Å². The highest BCUT2D eigenvalue weighted by Gasteiger charge is 2.26. The average molecular weight is 338 g/mol. The second-order valence-corrected chi connectivity index (χ2v) is 6.61. The van der Waals surface area contributed by atoms with Crippen LogP contribution in [-0.4, -0.2) is 16.5 Å². The van der Waals surface area contributed by atoms with Crippen LogP contribution in [0.2, 0.25) is 5.02 Å². The lowest BCUT2D eigenvalue weighted by molar-refractivity contribution is 0.605. The number of nitrogens with one attached hydrogen (secondary N) is 1. The molecule has 0 aliphatic carbocycles. The van der Waals surface area contributed by atoms with Crippen molar-refractivity contribution in [2.45, 2.75) is 19.4 Å². The van der Waals surface area contributed by atoms with Gasteiger partial charge in [-0.2, -0.15) is 0 Å². The first kappa shape index (κ1) is 13.2. The molecule has 17 heavy (non-hydrogen) atoms. The third-order valence-electron chi connectivity index (χ3n) is 2.21. The summed E-state index contributed by atoms with van der Waals surface area (Å²) in [6, 6.07) is 2.65. The first-order valence-electron chi connectivity index (χ1n) is 5.02. The monoisotopic (exact) mass is 336 g/mol. The van der Waals surface area contributed by atoms with Crippen LogP contribution in [0.5, 0.6) is 0 Å². The maximum Gasteiger partial charge on any atom is 0.161 e. The van der Waals surface area contributed by atoms with E-state index < -0.39 is 0 Å². The van der Waals surface area contributed by atoms with E-state index in [1.165, 1.54) is 12.1 Å². The normalized spacial score (nSPS) is 18.1. The molecule has 2 nitrogen and oxygen atoms in total. The van der Waals surface area contributed by atoms with E-state index in [9.17, 15) is 4.39 Å². The molecule has 6 heteroatoms. The lowest BCUT2D eigenvalue weighted by Crippen LogP contribution is -2.15. The molecule has 0 saturated heterocycles. The quantitative estimate of drug-likeness (QED) is 0.814. The van der Waals surface area contributed by atoms with Crippen LogP contribution in [0.25, 0.3) is 0 Å². The van der Waals surface area contributed by atoms with Gasteiger partial charge in [0.15, 0.2) is 5.17 Å². The van der Waals surface area contributed by atoms with E-state index in [0.29, 0.717) is 15.2 Å². The molecular formula is C11H11BrClFN2S. The van der Waals surface area contributed by atoms with E-state index in [1.807, 2.05) is 0 Å². The van der Waals surface area contributed by atoms with Crippen LogP contribution < -0.4 is 5.32 Å². The highest BCUT2D eigenvalue weighted by Crippen LogP contribution is 2.34. The fourth-order valence-electron chi connectivity index (χ4n) is 1.42. The van der Waals surface area contributed by atoms with Gasteiger partial charge in [0.05, 0.1) is 16.2 Å². The minimum absolute atomic E-state index is 0.0635. The first-order chi connectivity index (χ1) is 7.87. The smallest absolute Gasteiger partial charge is 0.161 e. The summed E-state index contributed by atoms with van der Waals surface area (Å²) < 4.78 is 13.7. The van der Waals surface area contributed by atoms with Crippen molar-refractivity contribution in [3.8, 4) is 0 Å². The molecule has 0 spiro atoms. The van der Waals surface area contributed by atoms with Crippen molar-refractivity contribution < 1.29 is 4.39 Å². The lowest BCUT2D eigenvalue weighted by Gasteiger charge is -2.10. The fourth-order valence-corrected chi connectivity index (χ4v) is 3.36. The van der Waals surface area contributed by atoms with E-state index in [0.717, 1.165) is 10.9 Å². The topological polar surface area (TPSA) is 24.4 Å². The highest BCUT2D eigenvalue weighted by atomic mass is 79.9. The molecule has 0 atom stereocenters. The standard InChI is InChI=1S/C11H11BrClFN2S/c1-11(2)5-17-10(16-11)15-9-7(12)3-6(14)4-8(9)13/h3-4H,5H2,1-2H3,(H,15,16). The Morgan fingerprint density at radius 2 is 2.24 bits per heavy atom. The summed E-state index contributed by atoms with van der Waals surface area (Å²) >= 11 is 10.9. The molecule has 1 aromatic carbocycles. The van der Waals surface area contributed by atoms with E-state index in [-0.39, 0.29) is 11.4 Å². The Morgan fingerprint density at radius 1 is 1.53 bits per heavy atom. The summed E-state index contributed by atoms with van der Waals surface area (Å²) in [4.78, 5) is 4.52. The number of aliphatic imine (C=N–C) groups is 1. The predicted octanol–water partition coefficient (Wildman–Crippen LogP) is 4.53. The van der Waals surface area contributed by atoms with Crippen molar-refractivity contribution >= 4 is 50.1 Å². The molecule has 0 bridgehead atoms. The van der Waals surface area contributed by atoms with Crippen LogP contribution in [-0.2, 0) is 0 Å². The zero-order valence-corrected chi connectivity index (χ0v) is 12.5. The van der Waals surface area contributed by atoms with Gasteiger partial charge in [-0.05, 0) is 41.9 Å². The molecule has 1 aliphatic heterocycles. The fraction of sp³-hybridized carbons (Fsp3) is 0.364. The zero-order chi connectivity index (χ0) is 12.6. The molecule has 2 rings (SSSR count). The van der Waals surface area contributed by atoms with Gasteiger partial charge in [0.25, 0.3) is 0 Å². The molecule has 1 N–H and O–H groups in total. The van der Waals surface area contributed by atoms with Crippen molar-refractivity contribution in [2.75, 3.05) is 11.1 Å². The molecular weight excluding hydrogens is 327 g/mol. The summed E-state index contributed by atoms with van der Waals surface area (Å²) in [5.41, 5.74) is 0.587. The Balaban J connectivity index is 2.26. The summed E-state index contributed by atoms with van der Waals surface area (Å²) in [7, 11) is 0. The van der Waals surface area contributed by atoms with E-state index in [4.69, 9.17) is 11.6 Å².